The van der Waals surface area contributed by atoms with Crippen LogP contribution < -0.4 is 5.32 Å². The summed E-state index contributed by atoms with van der Waals surface area (Å²) in [6, 6.07) is 5.92. The molecular formula is C12H11N3O2. The summed E-state index contributed by atoms with van der Waals surface area (Å²) in [6.07, 6.45) is 6.00. The number of nitro groups is 1. The van der Waals surface area contributed by atoms with E-state index in [2.05, 4.69) is 11.2 Å². The number of nitriles is 1. The fourth-order valence-corrected chi connectivity index (χ4v) is 1.33. The topological polar surface area (TPSA) is 79.0 Å². The lowest BCUT2D eigenvalue weighted by Gasteiger charge is -2.11. The number of benzene rings is 1. The molecule has 86 valence electrons. The van der Waals surface area contributed by atoms with Crippen LogP contribution in [-0.4, -0.2) is 11.0 Å². The molecule has 0 aliphatic heterocycles. The van der Waals surface area contributed by atoms with Crippen LogP contribution in [0.2, 0.25) is 0 Å². The van der Waals surface area contributed by atoms with Gasteiger partial charge in [-0.15, -0.1) is 6.42 Å². The van der Waals surface area contributed by atoms with Crippen LogP contribution in [0.25, 0.3) is 0 Å². The third-order valence-electron chi connectivity index (χ3n) is 2.27. The minimum atomic E-state index is -0.583. The van der Waals surface area contributed by atoms with Gasteiger partial charge < -0.3 is 5.32 Å². The highest BCUT2D eigenvalue weighted by Gasteiger charge is 2.14. The number of terminal acetylenes is 1. The second kappa shape index (κ2) is 5.53. The van der Waals surface area contributed by atoms with Crippen LogP contribution in [0.5, 0.6) is 0 Å². The molecule has 0 amide bonds. The molecule has 1 aromatic rings. The molecule has 0 saturated heterocycles. The Labute approximate surface area is 99.2 Å². The first-order valence-electron chi connectivity index (χ1n) is 5.03. The van der Waals surface area contributed by atoms with Crippen molar-refractivity contribution in [3.63, 3.8) is 0 Å². The average Bonchev–Trinajstić information content (AvgIpc) is 2.35. The summed E-state index contributed by atoms with van der Waals surface area (Å²) in [4.78, 5) is 10.2. The Morgan fingerprint density at radius 3 is 2.82 bits per heavy atom. The van der Waals surface area contributed by atoms with Crippen molar-refractivity contribution >= 4 is 11.4 Å². The summed E-state index contributed by atoms with van der Waals surface area (Å²) in [5.74, 6) is 2.53. The Balaban J connectivity index is 3.06. The van der Waals surface area contributed by atoms with E-state index in [1.807, 2.05) is 6.92 Å². The van der Waals surface area contributed by atoms with E-state index in [4.69, 9.17) is 11.7 Å². The van der Waals surface area contributed by atoms with Gasteiger partial charge in [-0.25, -0.2) is 0 Å². The van der Waals surface area contributed by atoms with Crippen molar-refractivity contribution in [3.8, 4) is 18.4 Å². The Hall–Kier alpha value is -2.53. The molecule has 0 aromatic heterocycles. The van der Waals surface area contributed by atoms with Crippen molar-refractivity contribution in [2.75, 3.05) is 5.32 Å². The van der Waals surface area contributed by atoms with E-state index in [1.165, 1.54) is 12.1 Å². The number of hydrogen-bond donors (Lipinski definition) is 1. The monoisotopic (exact) mass is 229 g/mol. The van der Waals surface area contributed by atoms with E-state index < -0.39 is 4.92 Å². The number of nitro benzene ring substituents is 1. The average molecular weight is 229 g/mol. The summed E-state index contributed by atoms with van der Waals surface area (Å²) in [7, 11) is 0. The van der Waals surface area contributed by atoms with Gasteiger partial charge in [0.25, 0.3) is 5.69 Å². The fourth-order valence-electron chi connectivity index (χ4n) is 1.33. The lowest BCUT2D eigenvalue weighted by molar-refractivity contribution is -0.385. The first kappa shape index (κ1) is 12.5. The lowest BCUT2D eigenvalue weighted by Crippen LogP contribution is -2.15. The van der Waals surface area contributed by atoms with Gasteiger partial charge >= 0.3 is 0 Å². The van der Waals surface area contributed by atoms with E-state index >= 15 is 0 Å². The van der Waals surface area contributed by atoms with Gasteiger partial charge in [0.1, 0.15) is 11.6 Å². The van der Waals surface area contributed by atoms with E-state index in [9.17, 15) is 10.1 Å². The van der Waals surface area contributed by atoms with E-state index in [0.29, 0.717) is 12.1 Å². The number of nitrogens with zero attached hydrogens (tertiary/aromatic N) is 2. The van der Waals surface area contributed by atoms with Gasteiger partial charge in [0.2, 0.25) is 0 Å². The maximum Gasteiger partial charge on any atom is 0.289 e. The largest absolute Gasteiger partial charge is 0.371 e. The standard InChI is InChI=1S/C12H11N3O2/c1-3-10(4-2)14-11-6-5-9(8-13)12(7-11)15(16)17/h1,5-7,10,14H,4H2,2H3. The van der Waals surface area contributed by atoms with E-state index in [1.54, 1.807) is 12.1 Å². The molecule has 5 heteroatoms. The summed E-state index contributed by atoms with van der Waals surface area (Å²) < 4.78 is 0. The Kier molecular flexibility index (Phi) is 4.08. The highest BCUT2D eigenvalue weighted by molar-refractivity contribution is 5.59. The molecule has 0 aliphatic rings. The Morgan fingerprint density at radius 1 is 1.65 bits per heavy atom. The van der Waals surface area contributed by atoms with Crippen LogP contribution in [0.4, 0.5) is 11.4 Å². The van der Waals surface area contributed by atoms with Crippen LogP contribution in [0.15, 0.2) is 18.2 Å². The molecule has 0 bridgehead atoms. The van der Waals surface area contributed by atoms with Gasteiger partial charge in [-0.3, -0.25) is 10.1 Å². The maximum absolute atomic E-state index is 10.7. The minimum Gasteiger partial charge on any atom is -0.371 e. The van der Waals surface area contributed by atoms with E-state index in [-0.39, 0.29) is 17.3 Å². The molecule has 1 rings (SSSR count). The van der Waals surface area contributed by atoms with Crippen LogP contribution in [0, 0.1) is 33.8 Å². The number of hydrogen-bond acceptors (Lipinski definition) is 4. The molecule has 1 atom stereocenters. The first-order valence-corrected chi connectivity index (χ1v) is 5.03. The highest BCUT2D eigenvalue weighted by atomic mass is 16.6. The summed E-state index contributed by atoms with van der Waals surface area (Å²) in [5, 5.41) is 22.4. The second-order valence-electron chi connectivity index (χ2n) is 3.37. The minimum absolute atomic E-state index is 0.0364. The Morgan fingerprint density at radius 2 is 2.35 bits per heavy atom. The predicted octanol–water partition coefficient (Wildman–Crippen LogP) is 2.29. The molecular weight excluding hydrogens is 218 g/mol. The quantitative estimate of drug-likeness (QED) is 0.488. The molecule has 0 heterocycles. The number of anilines is 1. The van der Waals surface area contributed by atoms with Crippen molar-refractivity contribution in [1.29, 1.82) is 5.26 Å². The van der Waals surface area contributed by atoms with Crippen molar-refractivity contribution in [3.05, 3.63) is 33.9 Å². The van der Waals surface area contributed by atoms with Gasteiger partial charge in [0.05, 0.1) is 11.0 Å². The van der Waals surface area contributed by atoms with Crippen molar-refractivity contribution in [2.24, 2.45) is 0 Å². The zero-order chi connectivity index (χ0) is 12.8. The number of rotatable bonds is 4. The second-order valence-corrected chi connectivity index (χ2v) is 3.37. The number of nitrogens with one attached hydrogen (secondary N) is 1. The van der Waals surface area contributed by atoms with Crippen LogP contribution in [0.1, 0.15) is 18.9 Å². The van der Waals surface area contributed by atoms with Crippen molar-refractivity contribution in [1.82, 2.24) is 0 Å². The van der Waals surface area contributed by atoms with Gasteiger partial charge in [-0.2, -0.15) is 5.26 Å². The highest BCUT2D eigenvalue weighted by Crippen LogP contribution is 2.23. The smallest absolute Gasteiger partial charge is 0.289 e. The zero-order valence-corrected chi connectivity index (χ0v) is 9.30. The molecule has 0 radical (unpaired) electrons. The van der Waals surface area contributed by atoms with Gasteiger partial charge in [0, 0.05) is 11.8 Å². The summed E-state index contributed by atoms with van der Waals surface area (Å²) in [6.45, 7) is 1.91. The maximum atomic E-state index is 10.7. The Bertz CT molecular complexity index is 511. The van der Waals surface area contributed by atoms with Crippen molar-refractivity contribution in [2.45, 2.75) is 19.4 Å². The van der Waals surface area contributed by atoms with Crippen molar-refractivity contribution < 1.29 is 4.92 Å². The van der Waals surface area contributed by atoms with Crippen LogP contribution in [-0.2, 0) is 0 Å². The molecule has 1 N–H and O–H groups in total. The summed E-state index contributed by atoms with van der Waals surface area (Å²) >= 11 is 0. The van der Waals surface area contributed by atoms with Crippen LogP contribution in [0.3, 0.4) is 0 Å². The van der Waals surface area contributed by atoms with Gasteiger partial charge in [-0.1, -0.05) is 12.8 Å². The predicted molar refractivity (Wildman–Crippen MR) is 64.3 cm³/mol. The third-order valence-corrected chi connectivity index (χ3v) is 2.27. The molecule has 5 nitrogen and oxygen atoms in total. The molecule has 1 aromatic carbocycles. The molecule has 0 fully saturated rings. The van der Waals surface area contributed by atoms with Gasteiger partial charge in [0.15, 0.2) is 0 Å². The van der Waals surface area contributed by atoms with Gasteiger partial charge in [-0.05, 0) is 18.6 Å². The lowest BCUT2D eigenvalue weighted by atomic mass is 10.1. The van der Waals surface area contributed by atoms with E-state index in [0.717, 1.165) is 0 Å². The first-order chi connectivity index (χ1) is 8.12. The molecule has 0 saturated carbocycles. The molecule has 1 unspecified atom stereocenters. The normalized spacial score (nSPS) is 11.0. The molecule has 0 spiro atoms. The molecule has 17 heavy (non-hydrogen) atoms. The zero-order valence-electron chi connectivity index (χ0n) is 9.30. The SMILES string of the molecule is C#CC(CC)Nc1ccc(C#N)c([N+](=O)[O-])c1. The summed E-state index contributed by atoms with van der Waals surface area (Å²) in [5.41, 5.74) is 0.360. The molecule has 0 aliphatic carbocycles. The third kappa shape index (κ3) is 2.96. The van der Waals surface area contributed by atoms with Crippen LogP contribution >= 0.6 is 0 Å². The fraction of sp³-hybridized carbons (Fsp3) is 0.250.